The van der Waals surface area contributed by atoms with E-state index in [1.165, 1.54) is 19.3 Å². The average Bonchev–Trinajstić information content (AvgIpc) is 2.31. The van der Waals surface area contributed by atoms with Crippen LogP contribution >= 0.6 is 0 Å². The van der Waals surface area contributed by atoms with E-state index < -0.39 is 0 Å². The molecule has 0 aromatic heterocycles. The molecule has 0 aromatic carbocycles. The highest BCUT2D eigenvalue weighted by molar-refractivity contribution is 5.77. The van der Waals surface area contributed by atoms with Gasteiger partial charge >= 0.3 is 0 Å². The molecule has 0 rings (SSSR count). The van der Waals surface area contributed by atoms with Crippen molar-refractivity contribution in [3.05, 3.63) is 0 Å². The van der Waals surface area contributed by atoms with Crippen LogP contribution in [-0.2, 0) is 4.79 Å². The van der Waals surface area contributed by atoms with Gasteiger partial charge in [0, 0.05) is 18.6 Å². The molecule has 0 atom stereocenters. The second-order valence-corrected chi connectivity index (χ2v) is 5.88. The van der Waals surface area contributed by atoms with Crippen LogP contribution in [0.5, 0.6) is 0 Å². The molecule has 0 radical (unpaired) electrons. The Morgan fingerprint density at radius 1 is 1.00 bits per heavy atom. The molecule has 0 aliphatic heterocycles. The first-order chi connectivity index (χ1) is 8.93. The fourth-order valence-electron chi connectivity index (χ4n) is 1.69. The maximum atomic E-state index is 11.6. The molecular weight excluding hydrogens is 238 g/mol. The van der Waals surface area contributed by atoms with Crippen LogP contribution in [0.25, 0.3) is 0 Å². The number of rotatable bonds is 11. The van der Waals surface area contributed by atoms with Gasteiger partial charge in [-0.2, -0.15) is 0 Å². The van der Waals surface area contributed by atoms with Crippen LogP contribution in [0.15, 0.2) is 0 Å². The van der Waals surface area contributed by atoms with E-state index in [-0.39, 0.29) is 5.91 Å². The highest BCUT2D eigenvalue weighted by atomic mass is 16.2. The van der Waals surface area contributed by atoms with E-state index in [4.69, 9.17) is 0 Å². The van der Waals surface area contributed by atoms with Crippen LogP contribution < -0.4 is 10.6 Å². The van der Waals surface area contributed by atoms with Crippen LogP contribution in [0.4, 0.5) is 0 Å². The van der Waals surface area contributed by atoms with Crippen molar-refractivity contribution in [2.24, 2.45) is 0 Å². The standard InChI is InChI=1S/C15H33N3O/c1-13(2)16-10-8-6-7-9-11-17-15(19)12-18(5)14(3)4/h13-14,16H,6-12H2,1-5H3,(H,17,19). The Morgan fingerprint density at radius 3 is 2.11 bits per heavy atom. The maximum Gasteiger partial charge on any atom is 0.234 e. The number of amides is 1. The van der Waals surface area contributed by atoms with Gasteiger partial charge in [-0.1, -0.05) is 26.7 Å². The summed E-state index contributed by atoms with van der Waals surface area (Å²) < 4.78 is 0. The smallest absolute Gasteiger partial charge is 0.234 e. The molecule has 0 aromatic rings. The van der Waals surface area contributed by atoms with Gasteiger partial charge in [-0.05, 0) is 40.3 Å². The zero-order chi connectivity index (χ0) is 14.7. The first-order valence-electron chi connectivity index (χ1n) is 7.63. The third-order valence-electron chi connectivity index (χ3n) is 3.25. The fraction of sp³-hybridized carbons (Fsp3) is 0.933. The maximum absolute atomic E-state index is 11.6. The summed E-state index contributed by atoms with van der Waals surface area (Å²) in [6, 6.07) is 0.997. The van der Waals surface area contributed by atoms with E-state index >= 15 is 0 Å². The van der Waals surface area contributed by atoms with E-state index in [1.807, 2.05) is 11.9 Å². The van der Waals surface area contributed by atoms with Gasteiger partial charge in [0.05, 0.1) is 6.54 Å². The Hall–Kier alpha value is -0.610. The number of hydrogen-bond acceptors (Lipinski definition) is 3. The molecule has 0 saturated heterocycles. The minimum Gasteiger partial charge on any atom is -0.355 e. The third kappa shape index (κ3) is 12.2. The highest BCUT2D eigenvalue weighted by Crippen LogP contribution is 1.98. The molecule has 0 bridgehead atoms. The van der Waals surface area contributed by atoms with Gasteiger partial charge in [0.2, 0.25) is 5.91 Å². The number of nitrogens with one attached hydrogen (secondary N) is 2. The van der Waals surface area contributed by atoms with Crippen molar-refractivity contribution >= 4 is 5.91 Å². The molecule has 0 aliphatic carbocycles. The van der Waals surface area contributed by atoms with Crippen molar-refractivity contribution in [1.29, 1.82) is 0 Å². The minimum atomic E-state index is 0.137. The SMILES string of the molecule is CC(C)NCCCCCCNC(=O)CN(C)C(C)C. The molecular formula is C15H33N3O. The van der Waals surface area contributed by atoms with Crippen molar-refractivity contribution in [2.45, 2.75) is 65.5 Å². The number of unbranched alkanes of at least 4 members (excludes halogenated alkanes) is 3. The second-order valence-electron chi connectivity index (χ2n) is 5.88. The van der Waals surface area contributed by atoms with Crippen LogP contribution in [0.1, 0.15) is 53.4 Å². The number of hydrogen-bond donors (Lipinski definition) is 2. The Labute approximate surface area is 119 Å². The summed E-state index contributed by atoms with van der Waals surface area (Å²) in [7, 11) is 1.98. The fourth-order valence-corrected chi connectivity index (χ4v) is 1.69. The van der Waals surface area contributed by atoms with Gasteiger partial charge in [0.1, 0.15) is 0 Å². The quantitative estimate of drug-likeness (QED) is 0.565. The number of carbonyl (C=O) groups is 1. The van der Waals surface area contributed by atoms with E-state index in [0.717, 1.165) is 19.5 Å². The third-order valence-corrected chi connectivity index (χ3v) is 3.25. The van der Waals surface area contributed by atoms with Gasteiger partial charge in [-0.3, -0.25) is 9.69 Å². The van der Waals surface area contributed by atoms with E-state index in [0.29, 0.717) is 18.6 Å². The molecule has 0 aliphatic rings. The lowest BCUT2D eigenvalue weighted by molar-refractivity contribution is -0.122. The number of carbonyl (C=O) groups excluding carboxylic acids is 1. The lowest BCUT2D eigenvalue weighted by Gasteiger charge is -2.20. The minimum absolute atomic E-state index is 0.137. The Morgan fingerprint density at radius 2 is 1.58 bits per heavy atom. The van der Waals surface area contributed by atoms with Gasteiger partial charge < -0.3 is 10.6 Å². The predicted octanol–water partition coefficient (Wildman–Crippen LogP) is 2.00. The molecule has 114 valence electrons. The summed E-state index contributed by atoms with van der Waals surface area (Å²) >= 11 is 0. The molecule has 19 heavy (non-hydrogen) atoms. The van der Waals surface area contributed by atoms with Crippen LogP contribution in [0, 0.1) is 0 Å². The van der Waals surface area contributed by atoms with Crippen molar-refractivity contribution < 1.29 is 4.79 Å². The number of nitrogens with zero attached hydrogens (tertiary/aromatic N) is 1. The van der Waals surface area contributed by atoms with Crippen LogP contribution in [0.2, 0.25) is 0 Å². The Kier molecular flexibility index (Phi) is 10.9. The number of likely N-dealkylation sites (N-methyl/N-ethyl adjacent to an activating group) is 1. The van der Waals surface area contributed by atoms with Gasteiger partial charge in [0.25, 0.3) is 0 Å². The normalized spacial score (nSPS) is 11.6. The van der Waals surface area contributed by atoms with Crippen LogP contribution in [0.3, 0.4) is 0 Å². The highest BCUT2D eigenvalue weighted by Gasteiger charge is 2.08. The van der Waals surface area contributed by atoms with E-state index in [1.54, 1.807) is 0 Å². The first-order valence-corrected chi connectivity index (χ1v) is 7.63. The summed E-state index contributed by atoms with van der Waals surface area (Å²) in [6.45, 7) is 10.9. The van der Waals surface area contributed by atoms with Gasteiger partial charge in [-0.25, -0.2) is 0 Å². The summed E-state index contributed by atoms with van der Waals surface area (Å²) in [5.74, 6) is 0.137. The zero-order valence-electron chi connectivity index (χ0n) is 13.5. The molecule has 0 unspecified atom stereocenters. The molecule has 4 nitrogen and oxygen atoms in total. The molecule has 2 N–H and O–H groups in total. The van der Waals surface area contributed by atoms with Crippen molar-refractivity contribution in [3.8, 4) is 0 Å². The monoisotopic (exact) mass is 271 g/mol. The Balaban J connectivity index is 3.32. The topological polar surface area (TPSA) is 44.4 Å². The largest absolute Gasteiger partial charge is 0.355 e. The van der Waals surface area contributed by atoms with Crippen molar-refractivity contribution in [2.75, 3.05) is 26.7 Å². The van der Waals surface area contributed by atoms with E-state index in [2.05, 4.69) is 38.3 Å². The lowest BCUT2D eigenvalue weighted by Crippen LogP contribution is -2.38. The first kappa shape index (κ1) is 18.4. The molecule has 0 spiro atoms. The average molecular weight is 271 g/mol. The van der Waals surface area contributed by atoms with Crippen molar-refractivity contribution in [1.82, 2.24) is 15.5 Å². The van der Waals surface area contributed by atoms with Crippen molar-refractivity contribution in [3.63, 3.8) is 0 Å². The zero-order valence-corrected chi connectivity index (χ0v) is 13.5. The molecule has 0 heterocycles. The molecule has 0 fully saturated rings. The Bertz CT molecular complexity index is 229. The summed E-state index contributed by atoms with van der Waals surface area (Å²) in [5.41, 5.74) is 0. The predicted molar refractivity (Wildman–Crippen MR) is 82.4 cm³/mol. The van der Waals surface area contributed by atoms with Crippen LogP contribution in [-0.4, -0.2) is 49.6 Å². The van der Waals surface area contributed by atoms with Gasteiger partial charge in [0.15, 0.2) is 0 Å². The molecule has 1 amide bonds. The van der Waals surface area contributed by atoms with E-state index in [9.17, 15) is 4.79 Å². The molecule has 0 saturated carbocycles. The summed E-state index contributed by atoms with van der Waals surface area (Å²) in [4.78, 5) is 13.7. The summed E-state index contributed by atoms with van der Waals surface area (Å²) in [6.07, 6.45) is 4.74. The second kappa shape index (κ2) is 11.2. The molecule has 4 heteroatoms. The van der Waals surface area contributed by atoms with Gasteiger partial charge in [-0.15, -0.1) is 0 Å². The lowest BCUT2D eigenvalue weighted by atomic mass is 10.2. The summed E-state index contributed by atoms with van der Waals surface area (Å²) in [5, 5.41) is 6.39.